The van der Waals surface area contributed by atoms with Crippen LogP contribution in [0.4, 0.5) is 0 Å². The van der Waals surface area contributed by atoms with Gasteiger partial charge in [0, 0.05) is 0 Å². The van der Waals surface area contributed by atoms with Crippen LogP contribution in [0, 0.1) is 0 Å². The van der Waals surface area contributed by atoms with Gasteiger partial charge in [-0.15, -0.1) is 0 Å². The summed E-state index contributed by atoms with van der Waals surface area (Å²) < 4.78 is 4.57. The number of hydrogen-bond acceptors (Lipinski definition) is 0. The Morgan fingerprint density at radius 3 is 1.32 bits per heavy atom. The van der Waals surface area contributed by atoms with Crippen molar-refractivity contribution in [1.29, 1.82) is 0 Å². The molecule has 0 bridgehead atoms. The molecule has 1 heterocycles. The predicted molar refractivity (Wildman–Crippen MR) is 108 cm³/mol. The van der Waals surface area contributed by atoms with E-state index in [0.717, 1.165) is 0 Å². The van der Waals surface area contributed by atoms with Gasteiger partial charge < -0.3 is 0 Å². The van der Waals surface area contributed by atoms with E-state index in [9.17, 15) is 0 Å². The van der Waals surface area contributed by atoms with E-state index >= 15 is 0 Å². The molecule has 4 aromatic carbocycles. The van der Waals surface area contributed by atoms with Gasteiger partial charge in [-0.3, -0.25) is 0 Å². The van der Waals surface area contributed by atoms with Crippen LogP contribution in [0.3, 0.4) is 0 Å². The molecule has 0 atom stereocenters. The molecule has 25 heavy (non-hydrogen) atoms. The summed E-state index contributed by atoms with van der Waals surface area (Å²) in [5.41, 5.74) is 5.53. The number of fused-ring (bicyclic) bond motifs is 3. The predicted octanol–water partition coefficient (Wildman–Crippen LogP) is 3.85. The Bertz CT molecular complexity index is 1000. The van der Waals surface area contributed by atoms with Gasteiger partial charge in [-0.2, -0.15) is 0 Å². The van der Waals surface area contributed by atoms with E-state index in [0.29, 0.717) is 0 Å². The molecule has 0 N–H and O–H groups in total. The van der Waals surface area contributed by atoms with Crippen molar-refractivity contribution in [1.82, 2.24) is 0 Å². The molecule has 0 spiro atoms. The summed E-state index contributed by atoms with van der Waals surface area (Å²) in [6.07, 6.45) is 0. The molecular weight excluding hydrogens is 367 g/mol. The topological polar surface area (TPSA) is 0 Å². The van der Waals surface area contributed by atoms with Crippen LogP contribution < -0.4 is 13.4 Å². The van der Waals surface area contributed by atoms with Crippen molar-refractivity contribution in [2.75, 3.05) is 0 Å². The van der Waals surface area contributed by atoms with Gasteiger partial charge >= 0.3 is 153 Å². The van der Waals surface area contributed by atoms with Crippen molar-refractivity contribution in [3.8, 4) is 22.3 Å². The molecule has 0 fully saturated rings. The normalized spacial score (nSPS) is 12.6. The molecule has 0 aliphatic carbocycles. The zero-order valence-electron chi connectivity index (χ0n) is 13.7. The van der Waals surface area contributed by atoms with E-state index in [1.54, 1.807) is 0 Å². The summed E-state index contributed by atoms with van der Waals surface area (Å²) in [7, 11) is 0. The number of benzene rings is 4. The fraction of sp³-hybridized carbons (Fsp3) is 0. The van der Waals surface area contributed by atoms with Gasteiger partial charge in [-0.1, -0.05) is 0 Å². The van der Waals surface area contributed by atoms with Crippen molar-refractivity contribution in [2.45, 2.75) is 0 Å². The first kappa shape index (κ1) is 14.7. The Kier molecular flexibility index (Phi) is 3.56. The summed E-state index contributed by atoms with van der Waals surface area (Å²) in [6, 6.07) is 37.7. The van der Waals surface area contributed by atoms with Gasteiger partial charge in [0.1, 0.15) is 0 Å². The quantitative estimate of drug-likeness (QED) is 0.406. The molecule has 4 aromatic rings. The molecule has 0 nitrogen and oxygen atoms in total. The Balaban J connectivity index is 1.78. The molecule has 0 amide bonds. The van der Waals surface area contributed by atoms with E-state index in [1.165, 1.54) is 35.6 Å². The summed E-state index contributed by atoms with van der Waals surface area (Å²) in [6.45, 7) is 0. The summed E-state index contributed by atoms with van der Waals surface area (Å²) in [5.74, 6) is 0. The van der Waals surface area contributed by atoms with Crippen LogP contribution in [0.15, 0.2) is 103 Å². The fourth-order valence-corrected chi connectivity index (χ4v) is 8.95. The molecule has 1 heteroatoms. The van der Waals surface area contributed by atoms with Crippen molar-refractivity contribution in [3.05, 3.63) is 103 Å². The molecule has 1 radical (unpaired) electrons. The SMILES string of the molecule is c1ccc(-c2ccccc2[Se]2c3ccccc3-c3ccccc32)cc1. The van der Waals surface area contributed by atoms with Crippen LogP contribution in [0.2, 0.25) is 0 Å². The van der Waals surface area contributed by atoms with Crippen LogP contribution in [-0.4, -0.2) is 13.9 Å². The molecule has 119 valence electrons. The summed E-state index contributed by atoms with van der Waals surface area (Å²) in [5, 5.41) is 0. The van der Waals surface area contributed by atoms with E-state index in [2.05, 4.69) is 103 Å². The van der Waals surface area contributed by atoms with Crippen LogP contribution in [0.25, 0.3) is 22.3 Å². The van der Waals surface area contributed by atoms with Gasteiger partial charge in [0.25, 0.3) is 0 Å². The van der Waals surface area contributed by atoms with Gasteiger partial charge in [0.05, 0.1) is 0 Å². The number of rotatable bonds is 2. The first-order valence-electron chi connectivity index (χ1n) is 8.51. The van der Waals surface area contributed by atoms with Crippen molar-refractivity contribution >= 4 is 27.3 Å². The Morgan fingerprint density at radius 2 is 0.760 bits per heavy atom. The third kappa shape index (κ3) is 2.36. The zero-order valence-corrected chi connectivity index (χ0v) is 15.4. The maximum atomic E-state index is 2.34. The maximum absolute atomic E-state index is 2.34. The second-order valence-corrected chi connectivity index (χ2v) is 10.2. The Morgan fingerprint density at radius 1 is 0.360 bits per heavy atom. The molecular formula is C24H17Se. The summed E-state index contributed by atoms with van der Waals surface area (Å²) >= 11 is -1.27. The monoisotopic (exact) mass is 385 g/mol. The second kappa shape index (κ2) is 6.04. The minimum atomic E-state index is -1.27. The minimum absolute atomic E-state index is 1.27. The van der Waals surface area contributed by atoms with Crippen molar-refractivity contribution in [3.63, 3.8) is 0 Å². The van der Waals surface area contributed by atoms with E-state index in [1.807, 2.05) is 0 Å². The van der Waals surface area contributed by atoms with E-state index < -0.39 is 13.9 Å². The van der Waals surface area contributed by atoms with Gasteiger partial charge in [0.15, 0.2) is 0 Å². The first-order chi connectivity index (χ1) is 12.4. The van der Waals surface area contributed by atoms with Crippen LogP contribution in [-0.2, 0) is 0 Å². The van der Waals surface area contributed by atoms with Crippen molar-refractivity contribution < 1.29 is 0 Å². The van der Waals surface area contributed by atoms with Crippen LogP contribution in [0.1, 0.15) is 0 Å². The standard InChI is InChI=1S/C24H17Se/c1-2-10-18(11-3-1)19-12-4-7-15-22(19)25-23-16-8-5-13-20(23)21-14-6-9-17-24(21)25/h1-17H. The Labute approximate surface area is 152 Å². The van der Waals surface area contributed by atoms with Gasteiger partial charge in [0.2, 0.25) is 0 Å². The van der Waals surface area contributed by atoms with Crippen molar-refractivity contribution in [2.24, 2.45) is 0 Å². The van der Waals surface area contributed by atoms with Gasteiger partial charge in [-0.05, 0) is 0 Å². The molecule has 5 rings (SSSR count). The Hall–Kier alpha value is -2.60. The molecule has 0 saturated heterocycles. The molecule has 0 unspecified atom stereocenters. The average molecular weight is 384 g/mol. The van der Waals surface area contributed by atoms with Gasteiger partial charge in [-0.25, -0.2) is 0 Å². The number of hydrogen-bond donors (Lipinski definition) is 0. The average Bonchev–Trinajstić information content (AvgIpc) is 3.03. The third-order valence-electron chi connectivity index (χ3n) is 4.70. The first-order valence-corrected chi connectivity index (χ1v) is 11.1. The van der Waals surface area contributed by atoms with E-state index in [-0.39, 0.29) is 0 Å². The van der Waals surface area contributed by atoms with E-state index in [4.69, 9.17) is 0 Å². The molecule has 1 aliphatic heterocycles. The molecule has 1 aliphatic rings. The van der Waals surface area contributed by atoms with Crippen LogP contribution in [0.5, 0.6) is 0 Å². The summed E-state index contributed by atoms with van der Waals surface area (Å²) in [4.78, 5) is 0. The molecule has 0 saturated carbocycles. The third-order valence-corrected chi connectivity index (χ3v) is 9.70. The fourth-order valence-electron chi connectivity index (χ4n) is 3.59. The zero-order chi connectivity index (χ0) is 16.6. The van der Waals surface area contributed by atoms with Crippen LogP contribution >= 0.6 is 0 Å². The molecule has 0 aromatic heterocycles. The second-order valence-electron chi connectivity index (χ2n) is 6.16.